The average Bonchev–Trinajstić information content (AvgIpc) is 3.38. The predicted molar refractivity (Wildman–Crippen MR) is 139 cm³/mol. The third-order valence-corrected chi connectivity index (χ3v) is 7.07. The maximum Gasteiger partial charge on any atom is 0.441 e. The molecule has 0 saturated carbocycles. The Morgan fingerprint density at radius 1 is 1.08 bits per heavy atom. The number of aliphatic imine (C=N–C) groups is 1. The van der Waals surface area contributed by atoms with Crippen molar-refractivity contribution >= 4 is 50.7 Å². The molecule has 0 radical (unpaired) electrons. The number of amidine groups is 2. The van der Waals surface area contributed by atoms with Crippen molar-refractivity contribution < 1.29 is 22.7 Å². The van der Waals surface area contributed by atoms with Crippen molar-refractivity contribution in [3.63, 3.8) is 0 Å². The van der Waals surface area contributed by atoms with Crippen LogP contribution in [0.25, 0.3) is 17.0 Å². The first-order valence-corrected chi connectivity index (χ1v) is 12.2. The number of nitrogens with one attached hydrogen (secondary N) is 1. The molecule has 11 heteroatoms. The SMILES string of the molecule is Cc1ccc(OCCn2c(C)c(/C=C3\C(=N)N4N=C(C(F)(F)F)SC4=NC3=O)c3cc(C)ccc32)cc1. The van der Waals surface area contributed by atoms with Crippen molar-refractivity contribution in [3.8, 4) is 5.75 Å². The smallest absolute Gasteiger partial charge is 0.441 e. The predicted octanol–water partition coefficient (Wildman–Crippen LogP) is 5.83. The van der Waals surface area contributed by atoms with Gasteiger partial charge in [0.2, 0.25) is 10.2 Å². The number of hydrogen-bond donors (Lipinski definition) is 1. The number of hydrogen-bond acceptors (Lipinski definition) is 5. The summed E-state index contributed by atoms with van der Waals surface area (Å²) in [6.45, 7) is 6.77. The van der Waals surface area contributed by atoms with Crippen LogP contribution in [0.4, 0.5) is 13.2 Å². The van der Waals surface area contributed by atoms with Crippen LogP contribution in [0.2, 0.25) is 0 Å². The van der Waals surface area contributed by atoms with E-state index in [2.05, 4.69) is 14.7 Å². The lowest BCUT2D eigenvalue weighted by Gasteiger charge is -2.20. The highest BCUT2D eigenvalue weighted by Crippen LogP contribution is 2.36. The zero-order valence-corrected chi connectivity index (χ0v) is 21.0. The third-order valence-electron chi connectivity index (χ3n) is 6.12. The molecular formula is C26H22F3N5O2S. The lowest BCUT2D eigenvalue weighted by Crippen LogP contribution is -2.35. The Kier molecular flexibility index (Phi) is 6.18. The van der Waals surface area contributed by atoms with E-state index in [1.807, 2.05) is 63.2 Å². The lowest BCUT2D eigenvalue weighted by atomic mass is 10.0. The van der Waals surface area contributed by atoms with Crippen molar-refractivity contribution in [1.29, 1.82) is 5.41 Å². The van der Waals surface area contributed by atoms with Crippen molar-refractivity contribution in [3.05, 3.63) is 70.4 Å². The monoisotopic (exact) mass is 525 g/mol. The molecule has 3 heterocycles. The highest BCUT2D eigenvalue weighted by Gasteiger charge is 2.46. The molecule has 5 rings (SSSR count). The molecule has 0 bridgehead atoms. The number of fused-ring (bicyclic) bond motifs is 2. The minimum absolute atomic E-state index is 0.129. The van der Waals surface area contributed by atoms with Crippen LogP contribution in [-0.4, -0.2) is 44.3 Å². The molecule has 0 aliphatic carbocycles. The highest BCUT2D eigenvalue weighted by atomic mass is 32.2. The van der Waals surface area contributed by atoms with Gasteiger partial charge in [0.25, 0.3) is 5.91 Å². The van der Waals surface area contributed by atoms with Gasteiger partial charge in [-0.25, -0.2) is 0 Å². The van der Waals surface area contributed by atoms with Crippen LogP contribution in [0.5, 0.6) is 5.75 Å². The molecule has 1 aromatic heterocycles. The summed E-state index contributed by atoms with van der Waals surface area (Å²) in [6.07, 6.45) is -3.18. The van der Waals surface area contributed by atoms with Gasteiger partial charge in [0, 0.05) is 22.2 Å². The maximum absolute atomic E-state index is 13.1. The van der Waals surface area contributed by atoms with Crippen LogP contribution in [0.1, 0.15) is 22.4 Å². The fourth-order valence-electron chi connectivity index (χ4n) is 4.23. The van der Waals surface area contributed by atoms with Gasteiger partial charge in [-0.2, -0.15) is 28.3 Å². The molecule has 2 aliphatic rings. The summed E-state index contributed by atoms with van der Waals surface area (Å²) in [5.41, 5.74) is 4.44. The number of hydrazone groups is 1. The minimum Gasteiger partial charge on any atom is -0.492 e. The fraction of sp³-hybridized carbons (Fsp3) is 0.231. The molecule has 0 saturated heterocycles. The second-order valence-electron chi connectivity index (χ2n) is 8.76. The Morgan fingerprint density at radius 2 is 1.78 bits per heavy atom. The first-order valence-electron chi connectivity index (χ1n) is 11.4. The number of rotatable bonds is 5. The van der Waals surface area contributed by atoms with Gasteiger partial charge >= 0.3 is 6.18 Å². The summed E-state index contributed by atoms with van der Waals surface area (Å²) in [6, 6.07) is 13.7. The Bertz CT molecular complexity index is 1530. The third kappa shape index (κ3) is 4.66. The van der Waals surface area contributed by atoms with Crippen LogP contribution in [0, 0.1) is 26.2 Å². The van der Waals surface area contributed by atoms with Gasteiger partial charge in [-0.15, -0.1) is 0 Å². The highest BCUT2D eigenvalue weighted by molar-refractivity contribution is 8.27. The van der Waals surface area contributed by atoms with E-state index in [4.69, 9.17) is 10.1 Å². The van der Waals surface area contributed by atoms with Gasteiger partial charge in [0.05, 0.1) is 12.1 Å². The van der Waals surface area contributed by atoms with E-state index in [0.29, 0.717) is 18.7 Å². The van der Waals surface area contributed by atoms with Gasteiger partial charge in [-0.1, -0.05) is 29.3 Å². The number of carbonyl (C=O) groups excluding carboxylic acids is 1. The van der Waals surface area contributed by atoms with E-state index in [9.17, 15) is 18.0 Å². The van der Waals surface area contributed by atoms with Crippen molar-refractivity contribution in [2.75, 3.05) is 6.61 Å². The Balaban J connectivity index is 1.50. The van der Waals surface area contributed by atoms with Crippen molar-refractivity contribution in [1.82, 2.24) is 9.58 Å². The van der Waals surface area contributed by atoms with E-state index >= 15 is 0 Å². The fourth-order valence-corrected chi connectivity index (χ4v) is 4.99. The Labute approximate surface area is 214 Å². The topological polar surface area (TPSA) is 83.0 Å². The summed E-state index contributed by atoms with van der Waals surface area (Å²) < 4.78 is 47.4. The molecule has 1 N–H and O–H groups in total. The molecule has 37 heavy (non-hydrogen) atoms. The van der Waals surface area contributed by atoms with Gasteiger partial charge in [0.1, 0.15) is 12.4 Å². The molecular weight excluding hydrogens is 503 g/mol. The molecule has 3 aromatic rings. The lowest BCUT2D eigenvalue weighted by molar-refractivity contribution is -0.114. The minimum atomic E-state index is -4.69. The number of carbonyl (C=O) groups is 1. The van der Waals surface area contributed by atoms with Gasteiger partial charge in [0.15, 0.2) is 5.84 Å². The van der Waals surface area contributed by atoms with Crippen LogP contribution < -0.4 is 4.74 Å². The Hall–Kier alpha value is -3.86. The summed E-state index contributed by atoms with van der Waals surface area (Å²) in [5, 5.41) is 12.1. The average molecular weight is 526 g/mol. The number of ether oxygens (including phenoxy) is 1. The quantitative estimate of drug-likeness (QED) is 0.425. The molecule has 7 nitrogen and oxygen atoms in total. The molecule has 0 atom stereocenters. The summed E-state index contributed by atoms with van der Waals surface area (Å²) >= 11 is 0.231. The normalized spacial score (nSPS) is 16.9. The number of nitrogens with zero attached hydrogens (tertiary/aromatic N) is 4. The Morgan fingerprint density at radius 3 is 2.49 bits per heavy atom. The van der Waals surface area contributed by atoms with E-state index in [0.717, 1.165) is 38.5 Å². The second kappa shape index (κ2) is 9.22. The standard InChI is InChI=1S/C26H22F3N5O2S/c1-14-4-7-17(8-5-14)36-11-10-33-16(3)18(19-12-15(2)6-9-21(19)33)13-20-22(30)34-25(31-23(20)35)37-24(32-34)26(27,28)29/h4-9,12-13,30H,10-11H2,1-3H3/b20-13+,30-22?. The first kappa shape index (κ1) is 24.8. The van der Waals surface area contributed by atoms with E-state index in [1.165, 1.54) is 6.08 Å². The molecule has 1 amide bonds. The van der Waals surface area contributed by atoms with Crippen molar-refractivity contribution in [2.45, 2.75) is 33.5 Å². The van der Waals surface area contributed by atoms with Crippen molar-refractivity contribution in [2.24, 2.45) is 10.1 Å². The van der Waals surface area contributed by atoms with E-state index in [-0.39, 0.29) is 22.5 Å². The van der Waals surface area contributed by atoms with E-state index < -0.39 is 23.0 Å². The zero-order valence-electron chi connectivity index (χ0n) is 20.2. The second-order valence-corrected chi connectivity index (χ2v) is 9.71. The van der Waals surface area contributed by atoms with Gasteiger partial charge in [-0.3, -0.25) is 10.2 Å². The number of aromatic nitrogens is 1. The summed E-state index contributed by atoms with van der Waals surface area (Å²) in [7, 11) is 0. The van der Waals surface area contributed by atoms with E-state index in [1.54, 1.807) is 0 Å². The number of amides is 1. The molecule has 190 valence electrons. The summed E-state index contributed by atoms with van der Waals surface area (Å²) in [4.78, 5) is 16.6. The number of halogens is 3. The molecule has 0 spiro atoms. The van der Waals surface area contributed by atoms with Crippen LogP contribution in [0.15, 0.2) is 58.1 Å². The summed E-state index contributed by atoms with van der Waals surface area (Å²) in [5.74, 6) is -0.467. The van der Waals surface area contributed by atoms with Crippen LogP contribution in [0.3, 0.4) is 0 Å². The van der Waals surface area contributed by atoms with Crippen LogP contribution in [-0.2, 0) is 11.3 Å². The molecule has 0 fully saturated rings. The molecule has 2 aromatic carbocycles. The van der Waals surface area contributed by atoms with Crippen LogP contribution >= 0.6 is 11.8 Å². The number of alkyl halides is 3. The maximum atomic E-state index is 13.1. The number of thioether (sulfide) groups is 1. The largest absolute Gasteiger partial charge is 0.492 e. The first-order chi connectivity index (χ1) is 17.5. The molecule has 2 aliphatic heterocycles. The van der Waals surface area contributed by atoms with Gasteiger partial charge < -0.3 is 9.30 Å². The number of aryl methyl sites for hydroxylation is 2. The number of benzene rings is 2. The zero-order chi connectivity index (χ0) is 26.5. The molecule has 0 unspecified atom stereocenters. The van der Waals surface area contributed by atoms with Gasteiger partial charge in [-0.05, 0) is 62.9 Å².